The highest BCUT2D eigenvalue weighted by atomic mass is 35.5. The molecule has 0 aliphatic heterocycles. The molecule has 0 radical (unpaired) electrons. The Morgan fingerprint density at radius 3 is 2.84 bits per heavy atom. The maximum atomic E-state index is 9.44. The van der Waals surface area contributed by atoms with Crippen molar-refractivity contribution in [3.8, 4) is 6.07 Å². The van der Waals surface area contributed by atoms with Crippen LogP contribution in [0.3, 0.4) is 0 Å². The molecule has 0 aromatic carbocycles. The molecule has 1 aromatic heterocycles. The minimum atomic E-state index is -0.368. The Balaban J connectivity index is 1.86. The topological polar surface area (TPSA) is 53.6 Å². The number of rotatable bonds is 7. The van der Waals surface area contributed by atoms with Gasteiger partial charge < -0.3 is 0 Å². The predicted molar refractivity (Wildman–Crippen MR) is 76.0 cm³/mol. The first-order valence-corrected chi connectivity index (χ1v) is 7.35. The smallest absolute Gasteiger partial charge is 0.106 e. The maximum Gasteiger partial charge on any atom is 0.106 e. The highest BCUT2D eigenvalue weighted by molar-refractivity contribution is 6.31. The van der Waals surface area contributed by atoms with Crippen molar-refractivity contribution in [3.05, 3.63) is 16.9 Å². The van der Waals surface area contributed by atoms with Crippen LogP contribution in [-0.4, -0.2) is 21.4 Å². The van der Waals surface area contributed by atoms with Gasteiger partial charge in [-0.15, -0.1) is 0 Å². The van der Waals surface area contributed by atoms with Crippen molar-refractivity contribution in [1.29, 1.82) is 5.26 Å². The van der Waals surface area contributed by atoms with Crippen LogP contribution in [0, 0.1) is 18.3 Å². The number of nitrogens with one attached hydrogen (secondary N) is 1. The van der Waals surface area contributed by atoms with E-state index in [0.717, 1.165) is 31.5 Å². The average Bonchev–Trinajstić information content (AvgIpc) is 3.15. The molecule has 19 heavy (non-hydrogen) atoms. The van der Waals surface area contributed by atoms with E-state index in [1.54, 1.807) is 0 Å². The Morgan fingerprint density at radius 1 is 1.63 bits per heavy atom. The molecule has 1 aliphatic rings. The zero-order chi connectivity index (χ0) is 13.9. The quantitative estimate of drug-likeness (QED) is 0.835. The fourth-order valence-electron chi connectivity index (χ4n) is 2.29. The van der Waals surface area contributed by atoms with Gasteiger partial charge >= 0.3 is 0 Å². The van der Waals surface area contributed by atoms with Gasteiger partial charge in [0.15, 0.2) is 0 Å². The molecule has 1 aliphatic carbocycles. The largest absolute Gasteiger partial charge is 0.297 e. The van der Waals surface area contributed by atoms with Gasteiger partial charge in [0, 0.05) is 18.8 Å². The summed E-state index contributed by atoms with van der Waals surface area (Å²) in [4.78, 5) is 0. The van der Waals surface area contributed by atoms with Crippen LogP contribution in [0.1, 0.15) is 44.7 Å². The van der Waals surface area contributed by atoms with Crippen molar-refractivity contribution in [3.63, 3.8) is 0 Å². The summed E-state index contributed by atoms with van der Waals surface area (Å²) in [6, 6.07) is 3.03. The normalized spacial score (nSPS) is 18.0. The number of hydrogen-bond donors (Lipinski definition) is 1. The van der Waals surface area contributed by atoms with E-state index in [0.29, 0.717) is 11.1 Å². The lowest BCUT2D eigenvalue weighted by Crippen LogP contribution is -2.44. The van der Waals surface area contributed by atoms with Crippen molar-refractivity contribution in [2.45, 2.75) is 64.1 Å². The lowest BCUT2D eigenvalue weighted by atomic mass is 9.92. The molecule has 1 aromatic rings. The monoisotopic (exact) mass is 280 g/mol. The van der Waals surface area contributed by atoms with E-state index in [-0.39, 0.29) is 5.54 Å². The second-order valence-corrected chi connectivity index (χ2v) is 5.80. The summed E-state index contributed by atoms with van der Waals surface area (Å²) in [6.07, 6.45) is 6.89. The third-order valence-electron chi connectivity index (χ3n) is 3.75. The van der Waals surface area contributed by atoms with Crippen molar-refractivity contribution in [2.24, 2.45) is 0 Å². The lowest BCUT2D eigenvalue weighted by Gasteiger charge is -2.26. The summed E-state index contributed by atoms with van der Waals surface area (Å²) >= 11 is 5.98. The predicted octanol–water partition coefficient (Wildman–Crippen LogP) is 3.05. The van der Waals surface area contributed by atoms with Crippen LogP contribution in [0.15, 0.2) is 6.20 Å². The lowest BCUT2D eigenvalue weighted by molar-refractivity contribution is 0.348. The molecule has 0 bridgehead atoms. The molecule has 4 nitrogen and oxygen atoms in total. The van der Waals surface area contributed by atoms with Crippen LogP contribution in [0.4, 0.5) is 0 Å². The van der Waals surface area contributed by atoms with Crippen LogP contribution < -0.4 is 5.32 Å². The van der Waals surface area contributed by atoms with E-state index < -0.39 is 0 Å². The molecule has 1 heterocycles. The third-order valence-corrected chi connectivity index (χ3v) is 4.12. The van der Waals surface area contributed by atoms with Crippen LogP contribution in [0.25, 0.3) is 0 Å². The maximum absolute atomic E-state index is 9.44. The number of nitrogens with zero attached hydrogens (tertiary/aromatic N) is 3. The van der Waals surface area contributed by atoms with E-state index in [2.05, 4.69) is 23.4 Å². The summed E-state index contributed by atoms with van der Waals surface area (Å²) in [5, 5.41) is 18.0. The second-order valence-electron chi connectivity index (χ2n) is 5.40. The molecule has 5 heteroatoms. The summed E-state index contributed by atoms with van der Waals surface area (Å²) < 4.78 is 1.87. The molecule has 0 saturated heterocycles. The summed E-state index contributed by atoms with van der Waals surface area (Å²) in [7, 11) is 0. The van der Waals surface area contributed by atoms with E-state index in [1.165, 1.54) is 12.8 Å². The number of nitriles is 1. The fourth-order valence-corrected chi connectivity index (χ4v) is 2.44. The Morgan fingerprint density at radius 2 is 2.37 bits per heavy atom. The molecule has 0 amide bonds. The van der Waals surface area contributed by atoms with Gasteiger partial charge in [-0.3, -0.25) is 10.00 Å². The van der Waals surface area contributed by atoms with Gasteiger partial charge in [0.2, 0.25) is 0 Å². The minimum absolute atomic E-state index is 0.368. The highest BCUT2D eigenvalue weighted by Gasteiger charge is 2.34. The number of aryl methyl sites for hydroxylation is 2. The zero-order valence-corrected chi connectivity index (χ0v) is 12.4. The summed E-state index contributed by atoms with van der Waals surface area (Å²) in [5.41, 5.74) is 0.493. The second kappa shape index (κ2) is 5.94. The van der Waals surface area contributed by atoms with E-state index in [9.17, 15) is 5.26 Å². The molecule has 2 rings (SSSR count). The van der Waals surface area contributed by atoms with Crippen molar-refractivity contribution < 1.29 is 0 Å². The standard InChI is InChI=1S/C14H21ClN4/c1-3-14(10-16,17-12-5-6-12)7-4-8-19-9-13(15)11(2)18-19/h9,12,17H,3-8H2,1-2H3. The first-order valence-electron chi connectivity index (χ1n) is 6.97. The fraction of sp³-hybridized carbons (Fsp3) is 0.714. The molecule has 1 saturated carbocycles. The van der Waals surface area contributed by atoms with Crippen LogP contribution in [0.5, 0.6) is 0 Å². The molecular weight excluding hydrogens is 260 g/mol. The van der Waals surface area contributed by atoms with Crippen molar-refractivity contribution >= 4 is 11.6 Å². The van der Waals surface area contributed by atoms with Gasteiger partial charge in [-0.05, 0) is 39.0 Å². The van der Waals surface area contributed by atoms with Gasteiger partial charge in [-0.2, -0.15) is 10.4 Å². The number of halogens is 1. The molecule has 1 N–H and O–H groups in total. The molecule has 104 valence electrons. The van der Waals surface area contributed by atoms with Gasteiger partial charge in [0.25, 0.3) is 0 Å². The van der Waals surface area contributed by atoms with Gasteiger partial charge in [-0.25, -0.2) is 0 Å². The summed E-state index contributed by atoms with van der Waals surface area (Å²) in [6.45, 7) is 4.79. The number of hydrogen-bond acceptors (Lipinski definition) is 3. The first-order chi connectivity index (χ1) is 9.08. The Labute approximate surface area is 119 Å². The van der Waals surface area contributed by atoms with Crippen molar-refractivity contribution in [2.75, 3.05) is 0 Å². The average molecular weight is 281 g/mol. The van der Waals surface area contributed by atoms with Gasteiger partial charge in [-0.1, -0.05) is 18.5 Å². The van der Waals surface area contributed by atoms with Gasteiger partial charge in [0.05, 0.1) is 16.8 Å². The minimum Gasteiger partial charge on any atom is -0.297 e. The van der Waals surface area contributed by atoms with E-state index in [1.807, 2.05) is 17.8 Å². The SMILES string of the molecule is CCC(C#N)(CCCn1cc(Cl)c(C)n1)NC1CC1. The van der Waals surface area contributed by atoms with Crippen molar-refractivity contribution in [1.82, 2.24) is 15.1 Å². The van der Waals surface area contributed by atoms with Gasteiger partial charge in [0.1, 0.15) is 5.54 Å². The zero-order valence-electron chi connectivity index (χ0n) is 11.6. The Bertz CT molecular complexity index is 453. The Hall–Kier alpha value is -1.05. The summed E-state index contributed by atoms with van der Waals surface area (Å²) in [5.74, 6) is 0. The van der Waals surface area contributed by atoms with Crippen LogP contribution in [0.2, 0.25) is 5.02 Å². The third kappa shape index (κ3) is 3.71. The van der Waals surface area contributed by atoms with Crippen LogP contribution in [-0.2, 0) is 6.54 Å². The highest BCUT2D eigenvalue weighted by Crippen LogP contribution is 2.26. The Kier molecular flexibility index (Phi) is 4.49. The molecular formula is C14H21ClN4. The molecule has 0 spiro atoms. The van der Waals surface area contributed by atoms with E-state index in [4.69, 9.17) is 11.6 Å². The first kappa shape index (κ1) is 14.4. The van der Waals surface area contributed by atoms with E-state index >= 15 is 0 Å². The van der Waals surface area contributed by atoms with Crippen LogP contribution >= 0.6 is 11.6 Å². The molecule has 1 atom stereocenters. The molecule has 1 unspecified atom stereocenters. The number of aromatic nitrogens is 2. The molecule has 1 fully saturated rings.